The summed E-state index contributed by atoms with van der Waals surface area (Å²) in [6.45, 7) is 4.42. The molecule has 3 aromatic rings. The molecular formula is C21H20BrFN4O2. The number of rotatable bonds is 7. The third-order valence-corrected chi connectivity index (χ3v) is 4.81. The first-order chi connectivity index (χ1) is 14.0. The SMILES string of the molecule is CCN(C(=O)c1cccc(F)c1-c1ncccn1)[C@@H](C)COc1ccc(Br)cn1. The number of carbonyl (C=O) groups excluding carboxylic acids is 1. The number of pyridine rings is 1. The molecule has 8 heteroatoms. The van der Waals surface area contributed by atoms with Gasteiger partial charge in [0, 0.05) is 35.7 Å². The molecule has 0 saturated carbocycles. The fraction of sp³-hybridized carbons (Fsp3) is 0.238. The molecule has 0 fully saturated rings. The monoisotopic (exact) mass is 458 g/mol. The van der Waals surface area contributed by atoms with Crippen molar-refractivity contribution in [1.29, 1.82) is 0 Å². The van der Waals surface area contributed by atoms with Crippen LogP contribution in [-0.4, -0.2) is 45.0 Å². The molecule has 150 valence electrons. The number of hydrogen-bond donors (Lipinski definition) is 0. The Kier molecular flexibility index (Phi) is 6.87. The van der Waals surface area contributed by atoms with Crippen molar-refractivity contribution >= 4 is 21.8 Å². The van der Waals surface area contributed by atoms with Crippen molar-refractivity contribution in [2.24, 2.45) is 0 Å². The molecular weight excluding hydrogens is 439 g/mol. The van der Waals surface area contributed by atoms with Crippen LogP contribution in [0.3, 0.4) is 0 Å². The maximum absolute atomic E-state index is 14.6. The average molecular weight is 459 g/mol. The smallest absolute Gasteiger partial charge is 0.255 e. The lowest BCUT2D eigenvalue weighted by Crippen LogP contribution is -2.42. The highest BCUT2D eigenvalue weighted by Crippen LogP contribution is 2.25. The molecule has 2 heterocycles. The van der Waals surface area contributed by atoms with Crippen LogP contribution in [0.15, 0.2) is 59.5 Å². The van der Waals surface area contributed by atoms with Crippen molar-refractivity contribution in [3.63, 3.8) is 0 Å². The van der Waals surface area contributed by atoms with Crippen LogP contribution in [0.4, 0.5) is 4.39 Å². The van der Waals surface area contributed by atoms with E-state index in [1.165, 1.54) is 24.5 Å². The first kappa shape index (κ1) is 20.9. The van der Waals surface area contributed by atoms with Gasteiger partial charge >= 0.3 is 0 Å². The average Bonchev–Trinajstić information content (AvgIpc) is 2.74. The predicted molar refractivity (Wildman–Crippen MR) is 111 cm³/mol. The number of carbonyl (C=O) groups is 1. The summed E-state index contributed by atoms with van der Waals surface area (Å²) < 4.78 is 21.1. The molecule has 1 atom stereocenters. The molecule has 6 nitrogen and oxygen atoms in total. The van der Waals surface area contributed by atoms with Crippen LogP contribution in [-0.2, 0) is 0 Å². The molecule has 29 heavy (non-hydrogen) atoms. The van der Waals surface area contributed by atoms with Crippen molar-refractivity contribution in [3.05, 3.63) is 70.8 Å². The first-order valence-corrected chi connectivity index (χ1v) is 9.91. The van der Waals surface area contributed by atoms with Crippen LogP contribution >= 0.6 is 15.9 Å². The maximum atomic E-state index is 14.6. The maximum Gasteiger partial charge on any atom is 0.255 e. The lowest BCUT2D eigenvalue weighted by Gasteiger charge is -2.28. The second-order valence-corrected chi connectivity index (χ2v) is 7.22. The lowest BCUT2D eigenvalue weighted by molar-refractivity contribution is 0.0646. The van der Waals surface area contributed by atoms with Crippen molar-refractivity contribution in [1.82, 2.24) is 19.9 Å². The Morgan fingerprint density at radius 2 is 1.93 bits per heavy atom. The van der Waals surface area contributed by atoms with E-state index in [-0.39, 0.29) is 35.5 Å². The Morgan fingerprint density at radius 1 is 1.17 bits per heavy atom. The van der Waals surface area contributed by atoms with Crippen molar-refractivity contribution in [2.75, 3.05) is 13.2 Å². The van der Waals surface area contributed by atoms with Gasteiger partial charge in [0.15, 0.2) is 5.82 Å². The summed E-state index contributed by atoms with van der Waals surface area (Å²) in [5.41, 5.74) is 0.311. The van der Waals surface area contributed by atoms with Crippen molar-refractivity contribution in [3.8, 4) is 17.3 Å². The largest absolute Gasteiger partial charge is 0.475 e. The van der Waals surface area contributed by atoms with E-state index < -0.39 is 5.82 Å². The van der Waals surface area contributed by atoms with Gasteiger partial charge in [0.2, 0.25) is 5.88 Å². The van der Waals surface area contributed by atoms with E-state index in [9.17, 15) is 9.18 Å². The van der Waals surface area contributed by atoms with E-state index in [2.05, 4.69) is 30.9 Å². The number of hydrogen-bond acceptors (Lipinski definition) is 5. The molecule has 0 unspecified atom stereocenters. The zero-order valence-corrected chi connectivity index (χ0v) is 17.6. The molecule has 1 amide bonds. The van der Waals surface area contributed by atoms with E-state index in [0.717, 1.165) is 4.47 Å². The summed E-state index contributed by atoms with van der Waals surface area (Å²) >= 11 is 3.32. The molecule has 0 aliphatic rings. The number of benzene rings is 1. The van der Waals surface area contributed by atoms with Crippen LogP contribution in [0.2, 0.25) is 0 Å². The minimum Gasteiger partial charge on any atom is -0.475 e. The molecule has 0 spiro atoms. The second kappa shape index (κ2) is 9.56. The molecule has 0 aliphatic heterocycles. The number of nitrogens with zero attached hydrogens (tertiary/aromatic N) is 4. The molecule has 0 bridgehead atoms. The Balaban J connectivity index is 1.82. The highest BCUT2D eigenvalue weighted by molar-refractivity contribution is 9.10. The van der Waals surface area contributed by atoms with E-state index >= 15 is 0 Å². The molecule has 0 radical (unpaired) electrons. The van der Waals surface area contributed by atoms with E-state index in [1.807, 2.05) is 19.9 Å². The van der Waals surface area contributed by atoms with Crippen LogP contribution in [0, 0.1) is 5.82 Å². The van der Waals surface area contributed by atoms with Gasteiger partial charge in [-0.1, -0.05) is 6.07 Å². The van der Waals surface area contributed by atoms with Gasteiger partial charge < -0.3 is 9.64 Å². The number of likely N-dealkylation sites (N-methyl/N-ethyl adjacent to an activating group) is 1. The van der Waals surface area contributed by atoms with Crippen molar-refractivity contribution < 1.29 is 13.9 Å². The van der Waals surface area contributed by atoms with Gasteiger partial charge in [0.05, 0.1) is 17.2 Å². The molecule has 0 saturated heterocycles. The quantitative estimate of drug-likeness (QED) is 0.525. The van der Waals surface area contributed by atoms with Gasteiger partial charge in [-0.3, -0.25) is 4.79 Å². The fourth-order valence-electron chi connectivity index (χ4n) is 2.91. The normalized spacial score (nSPS) is 11.7. The van der Waals surface area contributed by atoms with Gasteiger partial charge in [-0.05, 0) is 54.0 Å². The Labute approximate surface area is 176 Å². The number of aromatic nitrogens is 3. The Hall–Kier alpha value is -2.87. The van der Waals surface area contributed by atoms with Crippen LogP contribution < -0.4 is 4.74 Å². The van der Waals surface area contributed by atoms with E-state index in [1.54, 1.807) is 29.3 Å². The molecule has 1 aromatic carbocycles. The van der Waals surface area contributed by atoms with E-state index in [0.29, 0.717) is 12.4 Å². The van der Waals surface area contributed by atoms with Crippen LogP contribution in [0.1, 0.15) is 24.2 Å². The van der Waals surface area contributed by atoms with Gasteiger partial charge in [-0.15, -0.1) is 0 Å². The van der Waals surface area contributed by atoms with E-state index in [4.69, 9.17) is 4.74 Å². The summed E-state index contributed by atoms with van der Waals surface area (Å²) in [4.78, 5) is 27.3. The second-order valence-electron chi connectivity index (χ2n) is 6.30. The minimum absolute atomic E-state index is 0.0965. The van der Waals surface area contributed by atoms with Gasteiger partial charge in [-0.2, -0.15) is 0 Å². The third kappa shape index (κ3) is 4.95. The highest BCUT2D eigenvalue weighted by Gasteiger charge is 2.25. The molecule has 0 aliphatic carbocycles. The fourth-order valence-corrected chi connectivity index (χ4v) is 3.15. The highest BCUT2D eigenvalue weighted by atomic mass is 79.9. The number of ether oxygens (including phenoxy) is 1. The Morgan fingerprint density at radius 3 is 2.59 bits per heavy atom. The summed E-state index contributed by atoms with van der Waals surface area (Å²) in [5.74, 6) is -0.212. The molecule has 3 rings (SSSR count). The zero-order valence-electron chi connectivity index (χ0n) is 16.0. The van der Waals surface area contributed by atoms with Gasteiger partial charge in [0.1, 0.15) is 12.4 Å². The third-order valence-electron chi connectivity index (χ3n) is 4.34. The summed E-state index contributed by atoms with van der Waals surface area (Å²) in [6.07, 6.45) is 4.67. The zero-order chi connectivity index (χ0) is 20.8. The van der Waals surface area contributed by atoms with Crippen molar-refractivity contribution in [2.45, 2.75) is 19.9 Å². The van der Waals surface area contributed by atoms with Crippen LogP contribution in [0.25, 0.3) is 11.4 Å². The topological polar surface area (TPSA) is 68.2 Å². The predicted octanol–water partition coefficient (Wildman–Crippen LogP) is 4.37. The molecule has 0 N–H and O–H groups in total. The molecule has 2 aromatic heterocycles. The number of amides is 1. The number of halogens is 2. The van der Waals surface area contributed by atoms with Crippen LogP contribution in [0.5, 0.6) is 5.88 Å². The summed E-state index contributed by atoms with van der Waals surface area (Å²) in [6, 6.07) is 9.34. The summed E-state index contributed by atoms with van der Waals surface area (Å²) in [7, 11) is 0. The first-order valence-electron chi connectivity index (χ1n) is 9.12. The summed E-state index contributed by atoms with van der Waals surface area (Å²) in [5, 5.41) is 0. The van der Waals surface area contributed by atoms with Gasteiger partial charge in [0.25, 0.3) is 5.91 Å². The lowest BCUT2D eigenvalue weighted by atomic mass is 10.0. The van der Waals surface area contributed by atoms with Gasteiger partial charge in [-0.25, -0.2) is 19.3 Å². The standard InChI is InChI=1S/C21H20BrFN4O2/c1-3-27(14(2)13-29-18-9-8-15(22)12-26-18)21(28)16-6-4-7-17(23)19(16)20-24-10-5-11-25-20/h4-12,14H,3,13H2,1-2H3/t14-/m0/s1. The minimum atomic E-state index is -0.541. The Bertz CT molecular complexity index is 970.